The molecule has 2 aromatic carbocycles. The number of hydrogen-bond acceptors (Lipinski definition) is 2. The predicted molar refractivity (Wildman–Crippen MR) is 85.9 cm³/mol. The highest BCUT2D eigenvalue weighted by atomic mass is 35.5. The molecule has 2 N–H and O–H groups in total. The molecule has 0 bridgehead atoms. The summed E-state index contributed by atoms with van der Waals surface area (Å²) >= 11 is 6.18. The lowest BCUT2D eigenvalue weighted by atomic mass is 10.00. The van der Waals surface area contributed by atoms with Crippen molar-refractivity contribution in [1.29, 1.82) is 0 Å². The molecule has 2 rings (SSSR count). The van der Waals surface area contributed by atoms with Crippen LogP contribution in [0.15, 0.2) is 54.6 Å². The predicted octanol–water partition coefficient (Wildman–Crippen LogP) is 3.94. The third-order valence-corrected chi connectivity index (χ3v) is 3.80. The number of halogens is 1. The van der Waals surface area contributed by atoms with Gasteiger partial charge in [0.1, 0.15) is 0 Å². The SMILES string of the molecule is C[C@H](O)[C@H](c1ccccc1Cl)N(Cc1ccccc1)C(=O)O. The average molecular weight is 320 g/mol. The normalized spacial score (nSPS) is 13.4. The summed E-state index contributed by atoms with van der Waals surface area (Å²) < 4.78 is 0. The number of nitrogens with zero attached hydrogens (tertiary/aromatic N) is 1. The van der Waals surface area contributed by atoms with Crippen LogP contribution in [-0.4, -0.2) is 27.3 Å². The first-order chi connectivity index (χ1) is 10.5. The third kappa shape index (κ3) is 3.78. The Balaban J connectivity index is 2.39. The van der Waals surface area contributed by atoms with E-state index in [1.807, 2.05) is 30.3 Å². The maximum Gasteiger partial charge on any atom is 0.408 e. The molecule has 0 unspecified atom stereocenters. The number of amides is 1. The van der Waals surface area contributed by atoms with Crippen LogP contribution in [0.1, 0.15) is 24.1 Å². The lowest BCUT2D eigenvalue weighted by Crippen LogP contribution is -2.38. The van der Waals surface area contributed by atoms with Crippen LogP contribution in [0.2, 0.25) is 5.02 Å². The first-order valence-electron chi connectivity index (χ1n) is 6.96. The fraction of sp³-hybridized carbons (Fsp3) is 0.235. The zero-order valence-corrected chi connectivity index (χ0v) is 12.9. The highest BCUT2D eigenvalue weighted by molar-refractivity contribution is 6.31. The van der Waals surface area contributed by atoms with Gasteiger partial charge in [-0.05, 0) is 24.1 Å². The van der Waals surface area contributed by atoms with E-state index in [0.29, 0.717) is 10.6 Å². The molecule has 0 heterocycles. The number of benzene rings is 2. The number of carboxylic acid groups (broad SMARTS) is 1. The second-order valence-electron chi connectivity index (χ2n) is 5.10. The zero-order valence-electron chi connectivity index (χ0n) is 12.2. The Morgan fingerprint density at radius 2 is 1.73 bits per heavy atom. The molecule has 2 aromatic rings. The van der Waals surface area contributed by atoms with Gasteiger partial charge in [0, 0.05) is 11.6 Å². The topological polar surface area (TPSA) is 60.8 Å². The van der Waals surface area contributed by atoms with E-state index in [2.05, 4.69) is 0 Å². The van der Waals surface area contributed by atoms with Gasteiger partial charge in [-0.2, -0.15) is 0 Å². The van der Waals surface area contributed by atoms with Crippen LogP contribution in [0.4, 0.5) is 4.79 Å². The zero-order chi connectivity index (χ0) is 16.1. The van der Waals surface area contributed by atoms with Crippen LogP contribution in [0.5, 0.6) is 0 Å². The molecule has 0 aliphatic heterocycles. The summed E-state index contributed by atoms with van der Waals surface area (Å²) in [5.74, 6) is 0. The minimum Gasteiger partial charge on any atom is -0.465 e. The molecule has 1 amide bonds. The standard InChI is InChI=1S/C17H18ClNO3/c1-12(20)16(14-9-5-6-10-15(14)18)19(17(21)22)11-13-7-3-2-4-8-13/h2-10,12,16,20H,11H2,1H3,(H,21,22)/t12-,16+/m0/s1. The molecule has 0 radical (unpaired) electrons. The van der Waals surface area contributed by atoms with Gasteiger partial charge in [-0.15, -0.1) is 0 Å². The van der Waals surface area contributed by atoms with Crippen LogP contribution in [0, 0.1) is 0 Å². The lowest BCUT2D eigenvalue weighted by molar-refractivity contribution is 0.0529. The molecule has 2 atom stereocenters. The van der Waals surface area contributed by atoms with Crippen LogP contribution < -0.4 is 0 Å². The van der Waals surface area contributed by atoms with Crippen molar-refractivity contribution in [3.8, 4) is 0 Å². The molecule has 0 saturated heterocycles. The van der Waals surface area contributed by atoms with Gasteiger partial charge in [-0.3, -0.25) is 4.90 Å². The second-order valence-corrected chi connectivity index (χ2v) is 5.51. The quantitative estimate of drug-likeness (QED) is 0.877. The van der Waals surface area contributed by atoms with Gasteiger partial charge in [-0.1, -0.05) is 60.1 Å². The van der Waals surface area contributed by atoms with Gasteiger partial charge in [0.25, 0.3) is 0 Å². The van der Waals surface area contributed by atoms with Crippen molar-refractivity contribution >= 4 is 17.7 Å². The van der Waals surface area contributed by atoms with Gasteiger partial charge >= 0.3 is 6.09 Å². The third-order valence-electron chi connectivity index (χ3n) is 3.46. The minimum atomic E-state index is -1.10. The van der Waals surface area contributed by atoms with E-state index in [1.54, 1.807) is 31.2 Å². The summed E-state index contributed by atoms with van der Waals surface area (Å²) in [5.41, 5.74) is 1.44. The molecule has 0 fully saturated rings. The van der Waals surface area contributed by atoms with E-state index < -0.39 is 18.2 Å². The molecule has 116 valence electrons. The molecule has 0 aromatic heterocycles. The fourth-order valence-electron chi connectivity index (χ4n) is 2.47. The van der Waals surface area contributed by atoms with Crippen molar-refractivity contribution in [1.82, 2.24) is 4.90 Å². The number of hydrogen-bond donors (Lipinski definition) is 2. The highest BCUT2D eigenvalue weighted by Gasteiger charge is 2.30. The van der Waals surface area contributed by atoms with Crippen LogP contribution >= 0.6 is 11.6 Å². The lowest BCUT2D eigenvalue weighted by Gasteiger charge is -2.32. The Kier molecular flexibility index (Phi) is 5.41. The summed E-state index contributed by atoms with van der Waals surface area (Å²) in [4.78, 5) is 12.9. The number of rotatable bonds is 5. The molecule has 0 spiro atoms. The minimum absolute atomic E-state index is 0.178. The Bertz CT molecular complexity index is 631. The highest BCUT2D eigenvalue weighted by Crippen LogP contribution is 2.31. The summed E-state index contributed by atoms with van der Waals surface area (Å²) in [6, 6.07) is 15.5. The summed E-state index contributed by atoms with van der Waals surface area (Å²) in [6.45, 7) is 1.74. The van der Waals surface area contributed by atoms with E-state index in [-0.39, 0.29) is 6.54 Å². The molecule has 4 nitrogen and oxygen atoms in total. The van der Waals surface area contributed by atoms with Crippen molar-refractivity contribution in [3.63, 3.8) is 0 Å². The van der Waals surface area contributed by atoms with Gasteiger partial charge in [0.15, 0.2) is 0 Å². The van der Waals surface area contributed by atoms with Crippen molar-refractivity contribution in [2.45, 2.75) is 25.6 Å². The first-order valence-corrected chi connectivity index (χ1v) is 7.34. The Hall–Kier alpha value is -2.04. The fourth-order valence-corrected chi connectivity index (χ4v) is 2.72. The second kappa shape index (κ2) is 7.29. The maximum atomic E-state index is 11.7. The number of aliphatic hydroxyl groups is 1. The molecular formula is C17H18ClNO3. The van der Waals surface area contributed by atoms with Crippen LogP contribution in [0.25, 0.3) is 0 Å². The average Bonchev–Trinajstić information content (AvgIpc) is 2.49. The number of aliphatic hydroxyl groups excluding tert-OH is 1. The molecule has 0 saturated carbocycles. The maximum absolute atomic E-state index is 11.7. The van der Waals surface area contributed by atoms with Crippen molar-refractivity contribution in [2.24, 2.45) is 0 Å². The van der Waals surface area contributed by atoms with Crippen LogP contribution in [-0.2, 0) is 6.54 Å². The van der Waals surface area contributed by atoms with Gasteiger partial charge in [0.05, 0.1) is 12.1 Å². The van der Waals surface area contributed by atoms with Crippen LogP contribution in [0.3, 0.4) is 0 Å². The van der Waals surface area contributed by atoms with E-state index >= 15 is 0 Å². The Morgan fingerprint density at radius 1 is 1.14 bits per heavy atom. The Labute approximate surface area is 134 Å². The molecule has 5 heteroatoms. The van der Waals surface area contributed by atoms with E-state index in [4.69, 9.17) is 11.6 Å². The molecule has 0 aliphatic rings. The Morgan fingerprint density at radius 3 is 2.27 bits per heavy atom. The summed E-state index contributed by atoms with van der Waals surface area (Å²) in [5, 5.41) is 20.1. The summed E-state index contributed by atoms with van der Waals surface area (Å²) in [7, 11) is 0. The first kappa shape index (κ1) is 16.3. The van der Waals surface area contributed by atoms with E-state index in [1.165, 1.54) is 4.90 Å². The van der Waals surface area contributed by atoms with Crippen molar-refractivity contribution in [2.75, 3.05) is 0 Å². The monoisotopic (exact) mass is 319 g/mol. The van der Waals surface area contributed by atoms with E-state index in [0.717, 1.165) is 5.56 Å². The smallest absolute Gasteiger partial charge is 0.408 e. The van der Waals surface area contributed by atoms with Crippen molar-refractivity contribution < 1.29 is 15.0 Å². The largest absolute Gasteiger partial charge is 0.465 e. The molecule has 0 aliphatic carbocycles. The number of carbonyl (C=O) groups is 1. The van der Waals surface area contributed by atoms with Gasteiger partial charge < -0.3 is 10.2 Å². The van der Waals surface area contributed by atoms with Gasteiger partial charge in [0.2, 0.25) is 0 Å². The van der Waals surface area contributed by atoms with E-state index in [9.17, 15) is 15.0 Å². The van der Waals surface area contributed by atoms with Crippen molar-refractivity contribution in [3.05, 3.63) is 70.7 Å². The summed E-state index contributed by atoms with van der Waals surface area (Å²) in [6.07, 6.45) is -1.99. The molecular weight excluding hydrogens is 302 g/mol. The van der Waals surface area contributed by atoms with Gasteiger partial charge in [-0.25, -0.2) is 4.79 Å². The molecule has 22 heavy (non-hydrogen) atoms.